The SMILES string of the molecule is CCOc1ccc(CC(=O)Nc2ccc3nncn3c2)cc1. The van der Waals surface area contributed by atoms with E-state index in [0.717, 1.165) is 17.0 Å². The fourth-order valence-corrected chi connectivity index (χ4v) is 2.16. The number of carbonyl (C=O) groups excluding carboxylic acids is 1. The van der Waals surface area contributed by atoms with E-state index in [2.05, 4.69) is 15.5 Å². The molecule has 0 radical (unpaired) electrons. The van der Waals surface area contributed by atoms with Crippen LogP contribution in [0.2, 0.25) is 0 Å². The predicted molar refractivity (Wildman–Crippen MR) is 82.9 cm³/mol. The van der Waals surface area contributed by atoms with Crippen molar-refractivity contribution in [1.29, 1.82) is 0 Å². The third kappa shape index (κ3) is 3.22. The van der Waals surface area contributed by atoms with E-state index in [1.165, 1.54) is 0 Å². The lowest BCUT2D eigenvalue weighted by Crippen LogP contribution is -2.14. The summed E-state index contributed by atoms with van der Waals surface area (Å²) in [6.45, 7) is 2.57. The zero-order valence-corrected chi connectivity index (χ0v) is 12.2. The van der Waals surface area contributed by atoms with Crippen LogP contribution in [0.5, 0.6) is 5.75 Å². The molecule has 2 heterocycles. The van der Waals surface area contributed by atoms with Gasteiger partial charge in [0.25, 0.3) is 0 Å². The molecule has 1 N–H and O–H groups in total. The Balaban J connectivity index is 1.63. The summed E-state index contributed by atoms with van der Waals surface area (Å²) >= 11 is 0. The lowest BCUT2D eigenvalue weighted by molar-refractivity contribution is -0.115. The van der Waals surface area contributed by atoms with Crippen LogP contribution in [0.3, 0.4) is 0 Å². The van der Waals surface area contributed by atoms with E-state index < -0.39 is 0 Å². The van der Waals surface area contributed by atoms with Crippen molar-refractivity contribution in [1.82, 2.24) is 14.6 Å². The first-order valence-corrected chi connectivity index (χ1v) is 7.05. The molecule has 3 rings (SSSR count). The number of ether oxygens (including phenoxy) is 1. The molecule has 112 valence electrons. The molecule has 6 heteroatoms. The average molecular weight is 296 g/mol. The van der Waals surface area contributed by atoms with E-state index in [0.29, 0.717) is 18.7 Å². The molecule has 0 spiro atoms. The highest BCUT2D eigenvalue weighted by Crippen LogP contribution is 2.14. The van der Waals surface area contributed by atoms with Crippen LogP contribution in [0, 0.1) is 0 Å². The molecule has 0 bridgehead atoms. The van der Waals surface area contributed by atoms with Crippen molar-refractivity contribution in [3.05, 3.63) is 54.5 Å². The second-order valence-corrected chi connectivity index (χ2v) is 4.82. The van der Waals surface area contributed by atoms with Gasteiger partial charge in [-0.1, -0.05) is 12.1 Å². The van der Waals surface area contributed by atoms with Gasteiger partial charge in [0.1, 0.15) is 12.1 Å². The standard InChI is InChI=1S/C16H16N4O2/c1-2-22-14-6-3-12(4-7-14)9-16(21)18-13-5-8-15-19-17-11-20(15)10-13/h3-8,10-11H,2,9H2,1H3,(H,18,21). The number of amides is 1. The fourth-order valence-electron chi connectivity index (χ4n) is 2.16. The van der Waals surface area contributed by atoms with Crippen molar-refractivity contribution in [3.8, 4) is 5.75 Å². The van der Waals surface area contributed by atoms with E-state index in [1.807, 2.05) is 31.2 Å². The monoisotopic (exact) mass is 296 g/mol. The summed E-state index contributed by atoms with van der Waals surface area (Å²) in [5, 5.41) is 10.6. The van der Waals surface area contributed by atoms with Crippen LogP contribution in [0.15, 0.2) is 48.9 Å². The van der Waals surface area contributed by atoms with Crippen molar-refractivity contribution < 1.29 is 9.53 Å². The summed E-state index contributed by atoms with van der Waals surface area (Å²) in [7, 11) is 0. The number of benzene rings is 1. The maximum Gasteiger partial charge on any atom is 0.228 e. The first kappa shape index (κ1) is 14.1. The largest absolute Gasteiger partial charge is 0.494 e. The summed E-state index contributed by atoms with van der Waals surface area (Å²) in [5.41, 5.74) is 2.39. The van der Waals surface area contributed by atoms with Gasteiger partial charge in [0.05, 0.1) is 18.7 Å². The highest BCUT2D eigenvalue weighted by molar-refractivity contribution is 5.92. The first-order chi connectivity index (χ1) is 10.7. The topological polar surface area (TPSA) is 68.5 Å². The van der Waals surface area contributed by atoms with Gasteiger partial charge in [-0.05, 0) is 36.8 Å². The third-order valence-corrected chi connectivity index (χ3v) is 3.17. The number of carbonyl (C=O) groups is 1. The summed E-state index contributed by atoms with van der Waals surface area (Å²) in [6, 6.07) is 11.1. The molecule has 0 saturated carbocycles. The second kappa shape index (κ2) is 6.26. The minimum absolute atomic E-state index is 0.0726. The van der Waals surface area contributed by atoms with Crippen LogP contribution < -0.4 is 10.1 Å². The summed E-state index contributed by atoms with van der Waals surface area (Å²) in [6.07, 6.45) is 3.69. The predicted octanol–water partition coefficient (Wildman–Crippen LogP) is 2.31. The van der Waals surface area contributed by atoms with Gasteiger partial charge in [0.2, 0.25) is 5.91 Å². The summed E-state index contributed by atoms with van der Waals surface area (Å²) < 4.78 is 7.14. The van der Waals surface area contributed by atoms with Crippen molar-refractivity contribution in [2.45, 2.75) is 13.3 Å². The van der Waals surface area contributed by atoms with E-state index in [4.69, 9.17) is 4.74 Å². The Hall–Kier alpha value is -2.89. The van der Waals surface area contributed by atoms with Crippen molar-refractivity contribution in [3.63, 3.8) is 0 Å². The van der Waals surface area contributed by atoms with Crippen LogP contribution in [-0.4, -0.2) is 27.1 Å². The molecular formula is C16H16N4O2. The maximum atomic E-state index is 12.1. The Morgan fingerprint density at radius 2 is 2.05 bits per heavy atom. The molecule has 0 aliphatic heterocycles. The van der Waals surface area contributed by atoms with Gasteiger partial charge >= 0.3 is 0 Å². The van der Waals surface area contributed by atoms with E-state index in [-0.39, 0.29) is 5.91 Å². The van der Waals surface area contributed by atoms with Gasteiger partial charge in [0, 0.05) is 6.20 Å². The van der Waals surface area contributed by atoms with Crippen LogP contribution in [0.4, 0.5) is 5.69 Å². The molecule has 0 fully saturated rings. The van der Waals surface area contributed by atoms with Gasteiger partial charge < -0.3 is 10.1 Å². The van der Waals surface area contributed by atoms with Gasteiger partial charge in [-0.2, -0.15) is 0 Å². The number of fused-ring (bicyclic) bond motifs is 1. The highest BCUT2D eigenvalue weighted by atomic mass is 16.5. The lowest BCUT2D eigenvalue weighted by Gasteiger charge is -2.07. The Bertz CT molecular complexity index is 780. The molecule has 0 unspecified atom stereocenters. The average Bonchev–Trinajstić information content (AvgIpc) is 2.97. The van der Waals surface area contributed by atoms with Crippen molar-refractivity contribution in [2.75, 3.05) is 11.9 Å². The van der Waals surface area contributed by atoms with Gasteiger partial charge in [0.15, 0.2) is 5.65 Å². The zero-order chi connectivity index (χ0) is 15.4. The van der Waals surface area contributed by atoms with Crippen LogP contribution >= 0.6 is 0 Å². The van der Waals surface area contributed by atoms with E-state index >= 15 is 0 Å². The molecule has 6 nitrogen and oxygen atoms in total. The quantitative estimate of drug-likeness (QED) is 0.784. The second-order valence-electron chi connectivity index (χ2n) is 4.82. The molecule has 1 aromatic carbocycles. The normalized spacial score (nSPS) is 10.6. The van der Waals surface area contributed by atoms with Gasteiger partial charge in [-0.15, -0.1) is 10.2 Å². The fraction of sp³-hybridized carbons (Fsp3) is 0.188. The number of hydrogen-bond donors (Lipinski definition) is 1. The van der Waals surface area contributed by atoms with Crippen molar-refractivity contribution in [2.24, 2.45) is 0 Å². The molecule has 22 heavy (non-hydrogen) atoms. The minimum atomic E-state index is -0.0726. The highest BCUT2D eigenvalue weighted by Gasteiger charge is 2.05. The van der Waals surface area contributed by atoms with Crippen molar-refractivity contribution >= 4 is 17.2 Å². The van der Waals surface area contributed by atoms with Crippen LogP contribution in [-0.2, 0) is 11.2 Å². The Labute approximate surface area is 127 Å². The molecule has 0 aliphatic rings. The van der Waals surface area contributed by atoms with Crippen LogP contribution in [0.1, 0.15) is 12.5 Å². The number of pyridine rings is 1. The number of nitrogens with zero attached hydrogens (tertiary/aromatic N) is 3. The Morgan fingerprint density at radius 3 is 2.82 bits per heavy atom. The molecule has 2 aromatic heterocycles. The maximum absolute atomic E-state index is 12.1. The molecule has 0 atom stereocenters. The molecule has 1 amide bonds. The lowest BCUT2D eigenvalue weighted by atomic mass is 10.1. The van der Waals surface area contributed by atoms with E-state index in [9.17, 15) is 4.79 Å². The van der Waals surface area contributed by atoms with Crippen LogP contribution in [0.25, 0.3) is 5.65 Å². The zero-order valence-electron chi connectivity index (χ0n) is 12.2. The number of hydrogen-bond acceptors (Lipinski definition) is 4. The van der Waals surface area contributed by atoms with Gasteiger partial charge in [-0.3, -0.25) is 9.20 Å². The number of aromatic nitrogens is 3. The Morgan fingerprint density at radius 1 is 1.23 bits per heavy atom. The van der Waals surface area contributed by atoms with E-state index in [1.54, 1.807) is 29.1 Å². The molecular weight excluding hydrogens is 280 g/mol. The molecule has 0 saturated heterocycles. The first-order valence-electron chi connectivity index (χ1n) is 7.05. The number of nitrogens with one attached hydrogen (secondary N) is 1. The van der Waals surface area contributed by atoms with Gasteiger partial charge in [-0.25, -0.2) is 0 Å². The molecule has 0 aliphatic carbocycles. The molecule has 3 aromatic rings. The third-order valence-electron chi connectivity index (χ3n) is 3.17. The number of anilines is 1. The summed E-state index contributed by atoms with van der Waals surface area (Å²) in [5.74, 6) is 0.737. The Kier molecular flexibility index (Phi) is 4.00. The number of rotatable bonds is 5. The smallest absolute Gasteiger partial charge is 0.228 e. The minimum Gasteiger partial charge on any atom is -0.494 e. The summed E-state index contributed by atoms with van der Waals surface area (Å²) in [4.78, 5) is 12.1.